The van der Waals surface area contributed by atoms with Gasteiger partial charge in [-0.15, -0.1) is 0 Å². The van der Waals surface area contributed by atoms with E-state index in [1.54, 1.807) is 0 Å². The van der Waals surface area contributed by atoms with Gasteiger partial charge in [-0.25, -0.2) is 0 Å². The first-order chi connectivity index (χ1) is 7.50. The second kappa shape index (κ2) is 5.61. The largest absolute Gasteiger partial charge is 0.350 e. The average Bonchev–Trinajstić information content (AvgIpc) is 2.24. The molecule has 4 nitrogen and oxygen atoms in total. The maximum Gasteiger partial charge on any atom is 0.224 e. The number of nitrogens with one attached hydrogen (secondary N) is 1. The van der Waals surface area contributed by atoms with Gasteiger partial charge < -0.3 is 11.1 Å². The first-order valence-corrected chi connectivity index (χ1v) is 5.46. The molecule has 0 aromatic carbocycles. The van der Waals surface area contributed by atoms with Gasteiger partial charge in [0, 0.05) is 17.7 Å². The maximum atomic E-state index is 11.6. The number of amides is 1. The molecule has 88 valence electrons. The van der Waals surface area contributed by atoms with Gasteiger partial charge in [-0.2, -0.15) is 0 Å². The lowest BCUT2D eigenvalue weighted by Crippen LogP contribution is -2.38. The van der Waals surface area contributed by atoms with Gasteiger partial charge >= 0.3 is 0 Å². The summed E-state index contributed by atoms with van der Waals surface area (Å²) < 4.78 is 0. The molecule has 1 amide bonds. The van der Waals surface area contributed by atoms with E-state index in [1.807, 2.05) is 39.0 Å². The van der Waals surface area contributed by atoms with Gasteiger partial charge in [0.15, 0.2) is 0 Å². The Kier molecular flexibility index (Phi) is 4.43. The number of aromatic nitrogens is 1. The topological polar surface area (TPSA) is 68.0 Å². The van der Waals surface area contributed by atoms with Gasteiger partial charge in [0.2, 0.25) is 5.91 Å². The van der Waals surface area contributed by atoms with E-state index in [2.05, 4.69) is 10.3 Å². The van der Waals surface area contributed by atoms with Crippen LogP contribution in [0.4, 0.5) is 0 Å². The van der Waals surface area contributed by atoms with Gasteiger partial charge in [0.25, 0.3) is 0 Å². The Hall–Kier alpha value is -1.42. The SMILES string of the molecule is Cc1cccc(CNC(=O)C(C)C(C)N)n1. The van der Waals surface area contributed by atoms with Crippen molar-refractivity contribution < 1.29 is 4.79 Å². The first-order valence-electron chi connectivity index (χ1n) is 5.46. The number of aryl methyl sites for hydroxylation is 1. The van der Waals surface area contributed by atoms with Crippen LogP contribution in [-0.4, -0.2) is 16.9 Å². The monoisotopic (exact) mass is 221 g/mol. The van der Waals surface area contributed by atoms with E-state index in [-0.39, 0.29) is 17.9 Å². The molecule has 1 aromatic heterocycles. The lowest BCUT2D eigenvalue weighted by atomic mass is 10.0. The molecule has 1 aromatic rings. The van der Waals surface area contributed by atoms with Crippen LogP contribution in [0, 0.1) is 12.8 Å². The normalized spacial score (nSPS) is 14.2. The van der Waals surface area contributed by atoms with E-state index in [1.165, 1.54) is 0 Å². The summed E-state index contributed by atoms with van der Waals surface area (Å²) in [4.78, 5) is 15.9. The number of carbonyl (C=O) groups excluding carboxylic acids is 1. The van der Waals surface area contributed by atoms with Crippen LogP contribution in [0.3, 0.4) is 0 Å². The Morgan fingerprint density at radius 1 is 1.50 bits per heavy atom. The second-order valence-corrected chi connectivity index (χ2v) is 4.14. The van der Waals surface area contributed by atoms with Crippen molar-refractivity contribution in [2.24, 2.45) is 11.7 Å². The molecule has 1 rings (SSSR count). The van der Waals surface area contributed by atoms with Crippen LogP contribution < -0.4 is 11.1 Å². The quantitative estimate of drug-likeness (QED) is 0.796. The van der Waals surface area contributed by atoms with Crippen molar-refractivity contribution in [3.8, 4) is 0 Å². The Bertz CT molecular complexity index is 363. The number of nitrogens with two attached hydrogens (primary N) is 1. The minimum absolute atomic E-state index is 0.0293. The fourth-order valence-corrected chi connectivity index (χ4v) is 1.28. The van der Waals surface area contributed by atoms with Crippen LogP contribution in [0.1, 0.15) is 25.2 Å². The van der Waals surface area contributed by atoms with Gasteiger partial charge in [-0.1, -0.05) is 13.0 Å². The van der Waals surface area contributed by atoms with Crippen molar-refractivity contribution in [2.45, 2.75) is 33.4 Å². The molecule has 0 radical (unpaired) electrons. The summed E-state index contributed by atoms with van der Waals surface area (Å²) in [6.07, 6.45) is 0. The molecule has 0 aliphatic rings. The lowest BCUT2D eigenvalue weighted by Gasteiger charge is -2.15. The van der Waals surface area contributed by atoms with Crippen molar-refractivity contribution >= 4 is 5.91 Å². The highest BCUT2D eigenvalue weighted by molar-refractivity contribution is 5.78. The van der Waals surface area contributed by atoms with Crippen molar-refractivity contribution in [3.63, 3.8) is 0 Å². The van der Waals surface area contributed by atoms with E-state index in [0.29, 0.717) is 6.54 Å². The molecule has 16 heavy (non-hydrogen) atoms. The summed E-state index contributed by atoms with van der Waals surface area (Å²) in [7, 11) is 0. The zero-order chi connectivity index (χ0) is 12.1. The fraction of sp³-hybridized carbons (Fsp3) is 0.500. The third-order valence-corrected chi connectivity index (χ3v) is 2.59. The zero-order valence-corrected chi connectivity index (χ0v) is 10.0. The number of nitrogens with zero attached hydrogens (tertiary/aromatic N) is 1. The predicted molar refractivity (Wildman–Crippen MR) is 63.6 cm³/mol. The molecule has 0 spiro atoms. The highest BCUT2D eigenvalue weighted by atomic mass is 16.1. The summed E-state index contributed by atoms with van der Waals surface area (Å²) in [5.74, 6) is -0.205. The third-order valence-electron chi connectivity index (χ3n) is 2.59. The predicted octanol–water partition coefficient (Wildman–Crippen LogP) is 0.990. The molecule has 1 heterocycles. The van der Waals surface area contributed by atoms with Gasteiger partial charge in [-0.3, -0.25) is 9.78 Å². The summed E-state index contributed by atoms with van der Waals surface area (Å²) in [6, 6.07) is 5.61. The van der Waals surface area contributed by atoms with Crippen molar-refractivity contribution in [3.05, 3.63) is 29.6 Å². The van der Waals surface area contributed by atoms with Crippen LogP contribution >= 0.6 is 0 Å². The highest BCUT2D eigenvalue weighted by Crippen LogP contribution is 2.01. The highest BCUT2D eigenvalue weighted by Gasteiger charge is 2.16. The van der Waals surface area contributed by atoms with E-state index in [0.717, 1.165) is 11.4 Å². The van der Waals surface area contributed by atoms with E-state index in [4.69, 9.17) is 5.73 Å². The van der Waals surface area contributed by atoms with E-state index >= 15 is 0 Å². The van der Waals surface area contributed by atoms with Crippen LogP contribution in [-0.2, 0) is 11.3 Å². The molecular formula is C12H19N3O. The Labute approximate surface area is 96.3 Å². The minimum atomic E-state index is -0.176. The second-order valence-electron chi connectivity index (χ2n) is 4.14. The van der Waals surface area contributed by atoms with Gasteiger partial charge in [0.05, 0.1) is 12.2 Å². The van der Waals surface area contributed by atoms with Crippen LogP contribution in [0.2, 0.25) is 0 Å². The van der Waals surface area contributed by atoms with Crippen LogP contribution in [0.15, 0.2) is 18.2 Å². The molecular weight excluding hydrogens is 202 g/mol. The van der Waals surface area contributed by atoms with Gasteiger partial charge in [-0.05, 0) is 26.0 Å². The Balaban J connectivity index is 2.49. The molecule has 0 aliphatic carbocycles. The van der Waals surface area contributed by atoms with Crippen molar-refractivity contribution in [1.82, 2.24) is 10.3 Å². The number of hydrogen-bond donors (Lipinski definition) is 2. The molecule has 0 saturated heterocycles. The smallest absolute Gasteiger partial charge is 0.224 e. The average molecular weight is 221 g/mol. The van der Waals surface area contributed by atoms with Crippen molar-refractivity contribution in [2.75, 3.05) is 0 Å². The number of hydrogen-bond acceptors (Lipinski definition) is 3. The lowest BCUT2D eigenvalue weighted by molar-refractivity contribution is -0.125. The molecule has 3 N–H and O–H groups in total. The number of pyridine rings is 1. The summed E-state index contributed by atoms with van der Waals surface area (Å²) in [6.45, 7) is 6.03. The standard InChI is InChI=1S/C12H19N3O/c1-8-5-4-6-11(15-8)7-14-12(16)9(2)10(3)13/h4-6,9-10H,7,13H2,1-3H3,(H,14,16). The third kappa shape index (κ3) is 3.62. The molecule has 0 bridgehead atoms. The fourth-order valence-electron chi connectivity index (χ4n) is 1.28. The Morgan fingerprint density at radius 3 is 2.75 bits per heavy atom. The molecule has 2 atom stereocenters. The van der Waals surface area contributed by atoms with Gasteiger partial charge in [0.1, 0.15) is 0 Å². The van der Waals surface area contributed by atoms with E-state index in [9.17, 15) is 4.79 Å². The molecule has 4 heteroatoms. The summed E-state index contributed by atoms with van der Waals surface area (Å²) in [5, 5.41) is 2.83. The van der Waals surface area contributed by atoms with Crippen molar-refractivity contribution in [1.29, 1.82) is 0 Å². The van der Waals surface area contributed by atoms with Crippen LogP contribution in [0.25, 0.3) is 0 Å². The molecule has 0 saturated carbocycles. The first kappa shape index (κ1) is 12.6. The van der Waals surface area contributed by atoms with E-state index < -0.39 is 0 Å². The molecule has 0 aliphatic heterocycles. The summed E-state index contributed by atoms with van der Waals surface area (Å²) >= 11 is 0. The zero-order valence-electron chi connectivity index (χ0n) is 10.0. The molecule has 2 unspecified atom stereocenters. The Morgan fingerprint density at radius 2 is 2.19 bits per heavy atom. The summed E-state index contributed by atoms with van der Waals surface area (Å²) in [5.41, 5.74) is 7.47. The van der Waals surface area contributed by atoms with Crippen LogP contribution in [0.5, 0.6) is 0 Å². The molecule has 0 fully saturated rings. The number of carbonyl (C=O) groups is 1. The maximum absolute atomic E-state index is 11.6. The number of rotatable bonds is 4. The minimum Gasteiger partial charge on any atom is -0.350 e.